The minimum absolute atomic E-state index is 0.697. The highest BCUT2D eigenvalue weighted by atomic mass is 35.5. The van der Waals surface area contributed by atoms with Crippen LogP contribution in [0.5, 0.6) is 0 Å². The van der Waals surface area contributed by atoms with Gasteiger partial charge in [-0.2, -0.15) is 0 Å². The molecular formula is C29H22Cl2N2. The summed E-state index contributed by atoms with van der Waals surface area (Å²) in [7, 11) is 0. The molecule has 1 heterocycles. The Morgan fingerprint density at radius 1 is 0.636 bits per heavy atom. The van der Waals surface area contributed by atoms with Crippen molar-refractivity contribution in [2.45, 2.75) is 13.5 Å². The van der Waals surface area contributed by atoms with Gasteiger partial charge in [-0.05, 0) is 36.8 Å². The molecule has 0 saturated heterocycles. The molecule has 5 aromatic rings. The smallest absolute Gasteiger partial charge is 0.141 e. The average molecular weight is 469 g/mol. The molecule has 0 atom stereocenters. The first-order valence-corrected chi connectivity index (χ1v) is 11.6. The summed E-state index contributed by atoms with van der Waals surface area (Å²) in [6.45, 7) is 2.79. The van der Waals surface area contributed by atoms with Gasteiger partial charge in [-0.1, -0.05) is 108 Å². The Kier molecular flexibility index (Phi) is 6.04. The summed E-state index contributed by atoms with van der Waals surface area (Å²) < 4.78 is 2.30. The summed E-state index contributed by atoms with van der Waals surface area (Å²) in [5, 5.41) is 1.41. The molecule has 0 aliphatic rings. The van der Waals surface area contributed by atoms with Crippen LogP contribution < -0.4 is 0 Å². The van der Waals surface area contributed by atoms with Crippen LogP contribution >= 0.6 is 23.2 Å². The van der Waals surface area contributed by atoms with Crippen molar-refractivity contribution in [1.82, 2.24) is 9.55 Å². The van der Waals surface area contributed by atoms with Crippen LogP contribution in [-0.4, -0.2) is 9.55 Å². The third-order valence-corrected chi connectivity index (χ3v) is 6.20. The molecule has 5 rings (SSSR count). The zero-order valence-corrected chi connectivity index (χ0v) is 19.7. The van der Waals surface area contributed by atoms with Gasteiger partial charge in [0.25, 0.3) is 0 Å². The van der Waals surface area contributed by atoms with Crippen LogP contribution in [0.15, 0.2) is 103 Å². The highest BCUT2D eigenvalue weighted by Gasteiger charge is 2.21. The van der Waals surface area contributed by atoms with Gasteiger partial charge in [-0.15, -0.1) is 0 Å². The van der Waals surface area contributed by atoms with E-state index in [1.165, 1.54) is 11.1 Å². The van der Waals surface area contributed by atoms with Crippen LogP contribution in [0.3, 0.4) is 0 Å². The van der Waals surface area contributed by atoms with Gasteiger partial charge < -0.3 is 4.57 Å². The Labute approximate surface area is 204 Å². The fourth-order valence-electron chi connectivity index (χ4n) is 4.01. The van der Waals surface area contributed by atoms with Gasteiger partial charge in [0.15, 0.2) is 0 Å². The Morgan fingerprint density at radius 3 is 1.79 bits per heavy atom. The zero-order chi connectivity index (χ0) is 22.8. The van der Waals surface area contributed by atoms with Crippen LogP contribution in [0.25, 0.3) is 33.9 Å². The molecule has 4 heteroatoms. The molecule has 0 radical (unpaired) electrons. The predicted molar refractivity (Wildman–Crippen MR) is 139 cm³/mol. The van der Waals surface area contributed by atoms with Crippen molar-refractivity contribution in [1.29, 1.82) is 0 Å². The van der Waals surface area contributed by atoms with Gasteiger partial charge in [0.2, 0.25) is 0 Å². The van der Waals surface area contributed by atoms with E-state index in [1.54, 1.807) is 0 Å². The number of nitrogens with zero attached hydrogens (tertiary/aromatic N) is 2. The van der Waals surface area contributed by atoms with Gasteiger partial charge >= 0.3 is 0 Å². The average Bonchev–Trinajstić information content (AvgIpc) is 3.20. The molecule has 1 aromatic heterocycles. The van der Waals surface area contributed by atoms with Gasteiger partial charge in [-0.3, -0.25) is 0 Å². The van der Waals surface area contributed by atoms with Crippen LogP contribution in [0.2, 0.25) is 10.0 Å². The van der Waals surface area contributed by atoms with E-state index in [1.807, 2.05) is 42.5 Å². The first-order valence-electron chi connectivity index (χ1n) is 10.8. The maximum atomic E-state index is 6.22. The second kappa shape index (κ2) is 9.27. The number of aromatic nitrogens is 2. The number of halogens is 2. The fraction of sp³-hybridized carbons (Fsp3) is 0.0690. The minimum atomic E-state index is 0.697. The molecule has 0 N–H and O–H groups in total. The number of aryl methyl sites for hydroxylation is 1. The molecule has 33 heavy (non-hydrogen) atoms. The molecule has 0 saturated carbocycles. The zero-order valence-electron chi connectivity index (χ0n) is 18.2. The van der Waals surface area contributed by atoms with Crippen LogP contribution in [-0.2, 0) is 6.54 Å². The quantitative estimate of drug-likeness (QED) is 0.252. The summed E-state index contributed by atoms with van der Waals surface area (Å²) in [5.74, 6) is 0.925. The lowest BCUT2D eigenvalue weighted by Gasteiger charge is -2.14. The van der Waals surface area contributed by atoms with E-state index in [-0.39, 0.29) is 0 Å². The van der Waals surface area contributed by atoms with E-state index in [9.17, 15) is 0 Å². The maximum Gasteiger partial charge on any atom is 0.141 e. The SMILES string of the molecule is Cc1ccc(-c2nc(-c3ccc(Cl)cc3)c(-c3ccc(Cl)cc3)n2Cc2ccccc2)cc1. The fourth-order valence-corrected chi connectivity index (χ4v) is 4.26. The Bertz CT molecular complexity index is 1370. The van der Waals surface area contributed by atoms with E-state index in [0.29, 0.717) is 16.6 Å². The second-order valence-corrected chi connectivity index (χ2v) is 8.96. The molecule has 0 amide bonds. The Hall–Kier alpha value is -3.33. The van der Waals surface area contributed by atoms with Crippen molar-refractivity contribution in [2.24, 2.45) is 0 Å². The van der Waals surface area contributed by atoms with E-state index < -0.39 is 0 Å². The van der Waals surface area contributed by atoms with Crippen molar-refractivity contribution in [3.8, 4) is 33.9 Å². The van der Waals surface area contributed by atoms with Gasteiger partial charge in [0.05, 0.1) is 11.4 Å². The summed E-state index contributed by atoms with van der Waals surface area (Å²) in [4.78, 5) is 5.19. The maximum absolute atomic E-state index is 6.22. The van der Waals surface area contributed by atoms with Crippen molar-refractivity contribution < 1.29 is 0 Å². The monoisotopic (exact) mass is 468 g/mol. The lowest BCUT2D eigenvalue weighted by atomic mass is 10.0. The number of benzene rings is 4. The van der Waals surface area contributed by atoms with Crippen LogP contribution in [0.1, 0.15) is 11.1 Å². The summed E-state index contributed by atoms with van der Waals surface area (Å²) in [6, 6.07) is 34.8. The molecule has 0 aliphatic heterocycles. The Balaban J connectivity index is 1.79. The van der Waals surface area contributed by atoms with Gasteiger partial charge in [0.1, 0.15) is 5.82 Å². The van der Waals surface area contributed by atoms with Crippen LogP contribution in [0, 0.1) is 6.92 Å². The number of hydrogen-bond acceptors (Lipinski definition) is 1. The van der Waals surface area contributed by atoms with Crippen molar-refractivity contribution in [3.05, 3.63) is 124 Å². The van der Waals surface area contributed by atoms with Crippen molar-refractivity contribution in [3.63, 3.8) is 0 Å². The number of rotatable bonds is 5. The third kappa shape index (κ3) is 4.59. The molecule has 0 spiro atoms. The highest BCUT2D eigenvalue weighted by Crippen LogP contribution is 2.37. The predicted octanol–water partition coefficient (Wildman–Crippen LogP) is 8.55. The molecular weight excluding hydrogens is 447 g/mol. The van der Waals surface area contributed by atoms with E-state index in [4.69, 9.17) is 28.2 Å². The lowest BCUT2D eigenvalue weighted by molar-refractivity contribution is 0.814. The molecule has 0 bridgehead atoms. The van der Waals surface area contributed by atoms with Gasteiger partial charge in [-0.25, -0.2) is 4.98 Å². The summed E-state index contributed by atoms with van der Waals surface area (Å²) in [6.07, 6.45) is 0. The number of hydrogen-bond donors (Lipinski definition) is 0. The van der Waals surface area contributed by atoms with E-state index >= 15 is 0 Å². The summed E-state index contributed by atoms with van der Waals surface area (Å²) >= 11 is 12.4. The summed E-state index contributed by atoms with van der Waals surface area (Å²) in [5.41, 5.74) is 7.55. The normalized spacial score (nSPS) is 11.0. The Morgan fingerprint density at radius 2 is 1.18 bits per heavy atom. The molecule has 0 aliphatic carbocycles. The molecule has 0 fully saturated rings. The van der Waals surface area contributed by atoms with E-state index in [2.05, 4.69) is 72.2 Å². The van der Waals surface area contributed by atoms with E-state index in [0.717, 1.165) is 33.9 Å². The molecule has 2 nitrogen and oxygen atoms in total. The van der Waals surface area contributed by atoms with Gasteiger partial charge in [0, 0.05) is 33.3 Å². The largest absolute Gasteiger partial charge is 0.319 e. The standard InChI is InChI=1S/C29H22Cl2N2/c1-20-7-9-24(10-8-20)29-32-27(22-11-15-25(30)16-12-22)28(23-13-17-26(31)18-14-23)33(29)19-21-5-3-2-4-6-21/h2-18H,19H2,1H3. The molecule has 0 unspecified atom stereocenters. The topological polar surface area (TPSA) is 17.8 Å². The number of imidazole rings is 1. The first-order chi connectivity index (χ1) is 16.1. The minimum Gasteiger partial charge on any atom is -0.319 e. The molecule has 4 aromatic carbocycles. The van der Waals surface area contributed by atoms with Crippen molar-refractivity contribution in [2.75, 3.05) is 0 Å². The second-order valence-electron chi connectivity index (χ2n) is 8.08. The van der Waals surface area contributed by atoms with Crippen molar-refractivity contribution >= 4 is 23.2 Å². The highest BCUT2D eigenvalue weighted by molar-refractivity contribution is 6.31. The lowest BCUT2D eigenvalue weighted by Crippen LogP contribution is -2.04. The third-order valence-electron chi connectivity index (χ3n) is 5.70. The molecule has 162 valence electrons. The van der Waals surface area contributed by atoms with Crippen LogP contribution in [0.4, 0.5) is 0 Å². The first kappa shape index (κ1) is 21.5.